The van der Waals surface area contributed by atoms with Crippen LogP contribution in [-0.4, -0.2) is 25.2 Å². The molecule has 0 aliphatic rings. The summed E-state index contributed by atoms with van der Waals surface area (Å²) >= 11 is 0. The molecule has 0 saturated carbocycles. The SMILES string of the molecule is CCCCCCCCCCCC(C(=O)OCC)C(=O)OCC. The van der Waals surface area contributed by atoms with E-state index in [1.807, 2.05) is 0 Å². The normalized spacial score (nSPS) is 10.7. The van der Waals surface area contributed by atoms with Crippen LogP contribution in [0.1, 0.15) is 85.0 Å². The smallest absolute Gasteiger partial charge is 0.320 e. The van der Waals surface area contributed by atoms with Crippen LogP contribution >= 0.6 is 0 Å². The van der Waals surface area contributed by atoms with Crippen molar-refractivity contribution in [1.82, 2.24) is 0 Å². The highest BCUT2D eigenvalue weighted by molar-refractivity contribution is 5.94. The summed E-state index contributed by atoms with van der Waals surface area (Å²) in [6.07, 6.45) is 11.4. The van der Waals surface area contributed by atoms with E-state index in [1.165, 1.54) is 44.9 Å². The van der Waals surface area contributed by atoms with Gasteiger partial charge in [0.15, 0.2) is 5.92 Å². The van der Waals surface area contributed by atoms with E-state index < -0.39 is 17.9 Å². The van der Waals surface area contributed by atoms with Gasteiger partial charge in [0.25, 0.3) is 0 Å². The molecule has 130 valence electrons. The third-order valence-corrected chi connectivity index (χ3v) is 3.74. The Kier molecular flexibility index (Phi) is 14.1. The zero-order valence-corrected chi connectivity index (χ0v) is 14.7. The summed E-state index contributed by atoms with van der Waals surface area (Å²) in [5, 5.41) is 0. The van der Waals surface area contributed by atoms with Crippen molar-refractivity contribution in [2.75, 3.05) is 13.2 Å². The Bertz CT molecular complexity index is 271. The molecule has 0 aliphatic heterocycles. The average Bonchev–Trinajstić information content (AvgIpc) is 2.49. The fourth-order valence-corrected chi connectivity index (χ4v) is 2.48. The predicted molar refractivity (Wildman–Crippen MR) is 88.6 cm³/mol. The zero-order valence-electron chi connectivity index (χ0n) is 14.7. The fraction of sp³-hybridized carbons (Fsp3) is 0.889. The summed E-state index contributed by atoms with van der Waals surface area (Å²) in [6.45, 7) is 6.32. The second-order valence-electron chi connectivity index (χ2n) is 5.67. The van der Waals surface area contributed by atoms with Gasteiger partial charge in [-0.2, -0.15) is 0 Å². The second kappa shape index (κ2) is 14.9. The third kappa shape index (κ3) is 10.6. The van der Waals surface area contributed by atoms with E-state index in [2.05, 4.69) is 6.92 Å². The third-order valence-electron chi connectivity index (χ3n) is 3.74. The van der Waals surface area contributed by atoms with Crippen molar-refractivity contribution < 1.29 is 19.1 Å². The van der Waals surface area contributed by atoms with Crippen molar-refractivity contribution in [2.24, 2.45) is 5.92 Å². The lowest BCUT2D eigenvalue weighted by atomic mass is 10.00. The van der Waals surface area contributed by atoms with Crippen LogP contribution in [0.25, 0.3) is 0 Å². The number of unbranched alkanes of at least 4 members (excludes halogenated alkanes) is 8. The lowest BCUT2D eigenvalue weighted by Crippen LogP contribution is -2.28. The Hall–Kier alpha value is -1.06. The van der Waals surface area contributed by atoms with Gasteiger partial charge in [0.05, 0.1) is 13.2 Å². The van der Waals surface area contributed by atoms with Gasteiger partial charge in [-0.1, -0.05) is 64.7 Å². The highest BCUT2D eigenvalue weighted by Gasteiger charge is 2.28. The number of ether oxygens (including phenoxy) is 2. The molecule has 0 rings (SSSR count). The molecule has 0 spiro atoms. The van der Waals surface area contributed by atoms with Crippen molar-refractivity contribution >= 4 is 11.9 Å². The first kappa shape index (κ1) is 20.9. The first-order valence-corrected chi connectivity index (χ1v) is 9.00. The minimum absolute atomic E-state index is 0.298. The van der Waals surface area contributed by atoms with E-state index in [1.54, 1.807) is 13.8 Å². The van der Waals surface area contributed by atoms with Gasteiger partial charge in [0.1, 0.15) is 0 Å². The molecule has 0 bridgehead atoms. The van der Waals surface area contributed by atoms with Crippen LogP contribution in [-0.2, 0) is 19.1 Å². The average molecular weight is 314 g/mol. The minimum atomic E-state index is -0.746. The molecule has 0 radical (unpaired) electrons. The van der Waals surface area contributed by atoms with Gasteiger partial charge in [0.2, 0.25) is 0 Å². The Morgan fingerprint density at radius 3 is 1.50 bits per heavy atom. The zero-order chi connectivity index (χ0) is 16.6. The molecule has 22 heavy (non-hydrogen) atoms. The van der Waals surface area contributed by atoms with Gasteiger partial charge >= 0.3 is 11.9 Å². The standard InChI is InChI=1S/C18H34O4/c1-4-7-8-9-10-11-12-13-14-15-16(17(19)21-5-2)18(20)22-6-3/h16H,4-15H2,1-3H3. The Balaban J connectivity index is 3.84. The lowest BCUT2D eigenvalue weighted by molar-refractivity contribution is -0.161. The minimum Gasteiger partial charge on any atom is -0.465 e. The first-order valence-electron chi connectivity index (χ1n) is 9.00. The Morgan fingerprint density at radius 2 is 1.09 bits per heavy atom. The lowest BCUT2D eigenvalue weighted by Gasteiger charge is -2.14. The molecule has 0 aromatic carbocycles. The molecule has 0 unspecified atom stereocenters. The predicted octanol–water partition coefficient (Wildman–Crippen LogP) is 4.65. The van der Waals surface area contributed by atoms with Gasteiger partial charge in [-0.25, -0.2) is 0 Å². The van der Waals surface area contributed by atoms with Gasteiger partial charge in [0, 0.05) is 0 Å². The molecular weight excluding hydrogens is 280 g/mol. The van der Waals surface area contributed by atoms with Crippen LogP contribution in [0.5, 0.6) is 0 Å². The Labute approximate surface area is 135 Å². The molecule has 0 aromatic heterocycles. The number of hydrogen-bond acceptors (Lipinski definition) is 4. The highest BCUT2D eigenvalue weighted by atomic mass is 16.6. The first-order chi connectivity index (χ1) is 10.7. The van der Waals surface area contributed by atoms with Crippen LogP contribution in [0, 0.1) is 5.92 Å². The van der Waals surface area contributed by atoms with Crippen LogP contribution in [0.2, 0.25) is 0 Å². The van der Waals surface area contributed by atoms with Crippen molar-refractivity contribution in [3.63, 3.8) is 0 Å². The molecule has 0 aromatic rings. The van der Waals surface area contributed by atoms with Gasteiger partial charge in [-0.05, 0) is 20.3 Å². The highest BCUT2D eigenvalue weighted by Crippen LogP contribution is 2.16. The van der Waals surface area contributed by atoms with E-state index in [0.717, 1.165) is 12.8 Å². The maximum Gasteiger partial charge on any atom is 0.320 e. The second-order valence-corrected chi connectivity index (χ2v) is 5.67. The quantitative estimate of drug-likeness (QED) is 0.266. The number of esters is 2. The summed E-state index contributed by atoms with van der Waals surface area (Å²) < 4.78 is 9.93. The summed E-state index contributed by atoms with van der Waals surface area (Å²) in [4.78, 5) is 23.6. The maximum atomic E-state index is 11.8. The van der Waals surface area contributed by atoms with Crippen molar-refractivity contribution in [1.29, 1.82) is 0 Å². The molecule has 0 amide bonds. The van der Waals surface area contributed by atoms with Gasteiger partial charge < -0.3 is 9.47 Å². The topological polar surface area (TPSA) is 52.6 Å². The summed E-state index contributed by atoms with van der Waals surface area (Å²) in [5.74, 6) is -1.63. The number of carbonyl (C=O) groups is 2. The fourth-order valence-electron chi connectivity index (χ4n) is 2.48. The van der Waals surface area contributed by atoms with Crippen LogP contribution in [0.3, 0.4) is 0 Å². The molecule has 0 N–H and O–H groups in total. The number of hydrogen-bond donors (Lipinski definition) is 0. The monoisotopic (exact) mass is 314 g/mol. The maximum absolute atomic E-state index is 11.8. The van der Waals surface area contributed by atoms with Gasteiger partial charge in [-0.15, -0.1) is 0 Å². The molecule has 4 heteroatoms. The molecule has 0 atom stereocenters. The number of rotatable bonds is 14. The molecule has 4 nitrogen and oxygen atoms in total. The van der Waals surface area contributed by atoms with E-state index >= 15 is 0 Å². The summed E-state index contributed by atoms with van der Waals surface area (Å²) in [6, 6.07) is 0. The van der Waals surface area contributed by atoms with Crippen LogP contribution in [0.15, 0.2) is 0 Å². The summed E-state index contributed by atoms with van der Waals surface area (Å²) in [7, 11) is 0. The molecule has 0 aliphatic carbocycles. The van der Waals surface area contributed by atoms with E-state index in [0.29, 0.717) is 19.6 Å². The van der Waals surface area contributed by atoms with E-state index in [9.17, 15) is 9.59 Å². The molecule has 0 heterocycles. The van der Waals surface area contributed by atoms with Crippen molar-refractivity contribution in [3.8, 4) is 0 Å². The van der Waals surface area contributed by atoms with E-state index in [-0.39, 0.29) is 0 Å². The van der Waals surface area contributed by atoms with E-state index in [4.69, 9.17) is 9.47 Å². The number of carbonyl (C=O) groups excluding carboxylic acids is 2. The molecular formula is C18H34O4. The van der Waals surface area contributed by atoms with Crippen LogP contribution in [0.4, 0.5) is 0 Å². The van der Waals surface area contributed by atoms with Crippen LogP contribution < -0.4 is 0 Å². The van der Waals surface area contributed by atoms with Crippen molar-refractivity contribution in [2.45, 2.75) is 85.0 Å². The summed E-state index contributed by atoms with van der Waals surface area (Å²) in [5.41, 5.74) is 0. The molecule has 0 saturated heterocycles. The van der Waals surface area contributed by atoms with Crippen molar-refractivity contribution in [3.05, 3.63) is 0 Å². The Morgan fingerprint density at radius 1 is 0.682 bits per heavy atom. The molecule has 0 fully saturated rings. The largest absolute Gasteiger partial charge is 0.465 e. The van der Waals surface area contributed by atoms with Gasteiger partial charge in [-0.3, -0.25) is 9.59 Å².